The summed E-state index contributed by atoms with van der Waals surface area (Å²) in [5, 5.41) is 12.1. The highest BCUT2D eigenvalue weighted by molar-refractivity contribution is 5.34. The molecule has 0 radical (unpaired) electrons. The fourth-order valence-electron chi connectivity index (χ4n) is 1.56. The van der Waals surface area contributed by atoms with E-state index >= 15 is 0 Å². The van der Waals surface area contributed by atoms with Crippen LogP contribution in [0.5, 0.6) is 0 Å². The summed E-state index contributed by atoms with van der Waals surface area (Å²) in [7, 11) is 0. The smallest absolute Gasteiger partial charge is 0.236 e. The largest absolute Gasteiger partial charge is 0.435 e. The van der Waals surface area contributed by atoms with Crippen molar-refractivity contribution in [2.75, 3.05) is 0 Å². The molecule has 1 aromatic heterocycles. The van der Waals surface area contributed by atoms with Crippen molar-refractivity contribution in [1.29, 1.82) is 5.26 Å². The lowest BCUT2D eigenvalue weighted by Gasteiger charge is -2.04. The first-order valence-corrected chi connectivity index (χ1v) is 5.11. The van der Waals surface area contributed by atoms with Crippen LogP contribution in [-0.4, -0.2) is 9.78 Å². The van der Waals surface area contributed by atoms with Gasteiger partial charge in [-0.3, -0.25) is 0 Å². The molecule has 0 aliphatic rings. The minimum absolute atomic E-state index is 0.127. The molecule has 0 amide bonds. The SMILES string of the molecule is N#CCc1cc(C(F)(F)F)nn1-c1ccccc1. The summed E-state index contributed by atoms with van der Waals surface area (Å²) >= 11 is 0. The van der Waals surface area contributed by atoms with E-state index in [2.05, 4.69) is 5.10 Å². The number of alkyl halides is 3. The van der Waals surface area contributed by atoms with Crippen molar-refractivity contribution in [3.63, 3.8) is 0 Å². The fraction of sp³-hybridized carbons (Fsp3) is 0.167. The number of nitrogens with zero attached hydrogens (tertiary/aromatic N) is 3. The molecule has 0 spiro atoms. The molecule has 0 N–H and O–H groups in total. The van der Waals surface area contributed by atoms with Gasteiger partial charge in [0.05, 0.1) is 23.9 Å². The maximum absolute atomic E-state index is 12.6. The van der Waals surface area contributed by atoms with E-state index in [1.165, 1.54) is 0 Å². The van der Waals surface area contributed by atoms with Gasteiger partial charge in [0.25, 0.3) is 0 Å². The van der Waals surface area contributed by atoms with Crippen molar-refractivity contribution in [3.8, 4) is 11.8 Å². The molecule has 0 unspecified atom stereocenters. The maximum Gasteiger partial charge on any atom is 0.435 e. The molecule has 0 aliphatic heterocycles. The summed E-state index contributed by atoms with van der Waals surface area (Å²) in [5.41, 5.74) is -0.272. The van der Waals surface area contributed by atoms with Crippen LogP contribution in [0.2, 0.25) is 0 Å². The van der Waals surface area contributed by atoms with Crippen LogP contribution in [0.4, 0.5) is 13.2 Å². The van der Waals surface area contributed by atoms with Gasteiger partial charge in [-0.05, 0) is 18.2 Å². The molecular weight excluding hydrogens is 243 g/mol. The predicted octanol–water partition coefficient (Wildman–Crippen LogP) is 2.96. The first kappa shape index (κ1) is 12.2. The van der Waals surface area contributed by atoms with Crippen LogP contribution >= 0.6 is 0 Å². The minimum atomic E-state index is -4.51. The van der Waals surface area contributed by atoms with Crippen molar-refractivity contribution in [2.24, 2.45) is 0 Å². The number of benzene rings is 1. The lowest BCUT2D eigenvalue weighted by molar-refractivity contribution is -0.141. The summed E-state index contributed by atoms with van der Waals surface area (Å²) in [4.78, 5) is 0. The third-order valence-corrected chi connectivity index (χ3v) is 2.33. The van der Waals surface area contributed by atoms with Gasteiger partial charge in [-0.15, -0.1) is 0 Å². The molecule has 6 heteroatoms. The summed E-state index contributed by atoms with van der Waals surface area (Å²) < 4.78 is 38.9. The van der Waals surface area contributed by atoms with Crippen molar-refractivity contribution in [2.45, 2.75) is 12.6 Å². The number of halogens is 3. The zero-order chi connectivity index (χ0) is 13.2. The number of aromatic nitrogens is 2. The van der Waals surface area contributed by atoms with Crippen LogP contribution in [0.1, 0.15) is 11.4 Å². The molecule has 0 bridgehead atoms. The quantitative estimate of drug-likeness (QED) is 0.823. The van der Waals surface area contributed by atoms with E-state index in [1.54, 1.807) is 30.3 Å². The number of hydrogen-bond acceptors (Lipinski definition) is 2. The second kappa shape index (κ2) is 4.53. The van der Waals surface area contributed by atoms with E-state index in [9.17, 15) is 13.2 Å². The molecule has 18 heavy (non-hydrogen) atoms. The molecule has 1 heterocycles. The van der Waals surface area contributed by atoms with Crippen molar-refractivity contribution >= 4 is 0 Å². The average Bonchev–Trinajstić information content (AvgIpc) is 2.75. The van der Waals surface area contributed by atoms with E-state index in [0.717, 1.165) is 10.7 Å². The number of hydrogen-bond donors (Lipinski definition) is 0. The van der Waals surface area contributed by atoms with Crippen LogP contribution in [0, 0.1) is 11.3 Å². The Morgan fingerprint density at radius 3 is 2.44 bits per heavy atom. The zero-order valence-corrected chi connectivity index (χ0v) is 9.15. The second-order valence-electron chi connectivity index (χ2n) is 3.60. The first-order valence-electron chi connectivity index (χ1n) is 5.11. The van der Waals surface area contributed by atoms with Crippen LogP contribution in [-0.2, 0) is 12.6 Å². The predicted molar refractivity (Wildman–Crippen MR) is 57.9 cm³/mol. The molecule has 2 aromatic rings. The normalized spacial score (nSPS) is 11.2. The standard InChI is InChI=1S/C12H8F3N3/c13-12(14,15)11-8-10(6-7-16)18(17-11)9-4-2-1-3-5-9/h1-5,8H,6H2. The minimum Gasteiger partial charge on any atom is -0.236 e. The van der Waals surface area contributed by atoms with Gasteiger partial charge in [0.1, 0.15) is 0 Å². The molecule has 0 fully saturated rings. The van der Waals surface area contributed by atoms with E-state index in [-0.39, 0.29) is 12.1 Å². The Morgan fingerprint density at radius 1 is 1.22 bits per heavy atom. The van der Waals surface area contributed by atoms with E-state index in [1.807, 2.05) is 6.07 Å². The third kappa shape index (κ3) is 2.35. The Labute approximate surface area is 101 Å². The molecule has 2 rings (SSSR count). The summed E-state index contributed by atoms with van der Waals surface area (Å²) in [5.74, 6) is 0. The van der Waals surface area contributed by atoms with Gasteiger partial charge in [0.2, 0.25) is 0 Å². The van der Waals surface area contributed by atoms with Gasteiger partial charge >= 0.3 is 6.18 Å². The van der Waals surface area contributed by atoms with Crippen LogP contribution < -0.4 is 0 Å². The molecule has 3 nitrogen and oxygen atoms in total. The highest BCUT2D eigenvalue weighted by Crippen LogP contribution is 2.29. The van der Waals surface area contributed by atoms with Gasteiger partial charge < -0.3 is 0 Å². The van der Waals surface area contributed by atoms with Crippen LogP contribution in [0.25, 0.3) is 5.69 Å². The molecule has 0 saturated carbocycles. The van der Waals surface area contributed by atoms with Gasteiger partial charge in [-0.2, -0.15) is 23.5 Å². The van der Waals surface area contributed by atoms with Crippen molar-refractivity contribution < 1.29 is 13.2 Å². The summed E-state index contributed by atoms with van der Waals surface area (Å²) in [6.07, 6.45) is -4.64. The zero-order valence-electron chi connectivity index (χ0n) is 9.15. The molecular formula is C12H8F3N3. The number of nitriles is 1. The highest BCUT2D eigenvalue weighted by atomic mass is 19.4. The molecule has 0 aliphatic carbocycles. The topological polar surface area (TPSA) is 41.6 Å². The highest BCUT2D eigenvalue weighted by Gasteiger charge is 2.35. The van der Waals surface area contributed by atoms with Crippen molar-refractivity contribution in [1.82, 2.24) is 9.78 Å². The van der Waals surface area contributed by atoms with Gasteiger partial charge in [-0.1, -0.05) is 18.2 Å². The average molecular weight is 251 g/mol. The van der Waals surface area contributed by atoms with Gasteiger partial charge in [0, 0.05) is 0 Å². The Morgan fingerprint density at radius 2 is 1.89 bits per heavy atom. The Bertz CT molecular complexity index is 579. The Balaban J connectivity index is 2.53. The fourth-order valence-corrected chi connectivity index (χ4v) is 1.56. The van der Waals surface area contributed by atoms with Crippen molar-refractivity contribution in [3.05, 3.63) is 47.8 Å². The summed E-state index contributed by atoms with van der Waals surface area (Å²) in [6, 6.07) is 11.1. The lowest BCUT2D eigenvalue weighted by Crippen LogP contribution is -2.07. The molecule has 0 saturated heterocycles. The Hall–Kier alpha value is -2.29. The monoisotopic (exact) mass is 251 g/mol. The third-order valence-electron chi connectivity index (χ3n) is 2.33. The number of rotatable bonds is 2. The maximum atomic E-state index is 12.6. The second-order valence-corrected chi connectivity index (χ2v) is 3.60. The molecule has 1 aromatic carbocycles. The van der Waals surface area contributed by atoms with E-state index < -0.39 is 11.9 Å². The molecule has 92 valence electrons. The van der Waals surface area contributed by atoms with Gasteiger partial charge in [0.15, 0.2) is 5.69 Å². The van der Waals surface area contributed by atoms with Crippen LogP contribution in [0.15, 0.2) is 36.4 Å². The number of para-hydroxylation sites is 1. The lowest BCUT2D eigenvalue weighted by atomic mass is 10.2. The Kier molecular flexibility index (Phi) is 3.06. The summed E-state index contributed by atoms with van der Waals surface area (Å²) in [6.45, 7) is 0. The van der Waals surface area contributed by atoms with E-state index in [0.29, 0.717) is 5.69 Å². The van der Waals surface area contributed by atoms with Gasteiger partial charge in [-0.25, -0.2) is 4.68 Å². The first-order chi connectivity index (χ1) is 8.52. The molecule has 0 atom stereocenters. The van der Waals surface area contributed by atoms with Crippen LogP contribution in [0.3, 0.4) is 0 Å². The van der Waals surface area contributed by atoms with E-state index in [4.69, 9.17) is 5.26 Å².